The van der Waals surface area contributed by atoms with Crippen LogP contribution in [0.25, 0.3) is 0 Å². The molecule has 0 aliphatic heterocycles. The summed E-state index contributed by atoms with van der Waals surface area (Å²) in [6, 6.07) is 0. The molecule has 0 spiro atoms. The summed E-state index contributed by atoms with van der Waals surface area (Å²) in [6.07, 6.45) is 0. The van der Waals surface area contributed by atoms with Gasteiger partial charge in [-0.25, -0.2) is 4.79 Å². The first-order valence-electron chi connectivity index (χ1n) is 2.97. The van der Waals surface area contributed by atoms with Gasteiger partial charge in [-0.2, -0.15) is 26.3 Å². The number of alkyl halides is 6. The van der Waals surface area contributed by atoms with Gasteiger partial charge in [0.05, 0.1) is 0 Å². The van der Waals surface area contributed by atoms with Crippen molar-refractivity contribution in [3.63, 3.8) is 0 Å². The molecule has 0 aromatic carbocycles. The summed E-state index contributed by atoms with van der Waals surface area (Å²) >= 11 is 0. The molecule has 16 heavy (non-hydrogen) atoms. The molecule has 0 saturated heterocycles. The fourth-order valence-corrected chi connectivity index (χ4v) is 0.460. The summed E-state index contributed by atoms with van der Waals surface area (Å²) in [5, 5.41) is 17.0. The average molecular weight is 347 g/mol. The minimum absolute atomic E-state index is 0. The molecule has 0 heterocycles. The molecule has 1 N–H and O–H groups in total. The van der Waals surface area contributed by atoms with E-state index in [0.29, 0.717) is 0 Å². The third kappa shape index (κ3) is 2.33. The van der Waals surface area contributed by atoms with E-state index in [0.717, 1.165) is 0 Å². The van der Waals surface area contributed by atoms with Crippen LogP contribution in [0.15, 0.2) is 0 Å². The number of carbonyl (C=O) groups is 2. The smallest absolute Gasteiger partial charge is 0.544 e. The maximum Gasteiger partial charge on any atom is 1.00 e. The summed E-state index contributed by atoms with van der Waals surface area (Å²) in [7, 11) is 0. The zero-order valence-corrected chi connectivity index (χ0v) is 8.22. The van der Waals surface area contributed by atoms with E-state index in [1.807, 2.05) is 0 Å². The number of carboxylic acids is 2. The predicted octanol–water partition coefficient (Wildman–Crippen LogP) is -0.276. The standard InChI is InChI=1S/C5H2F6O4.Ag/c6-3(7,1(12)13)5(10,11)4(8,9)2(14)15;/h(H,12,13)(H,14,15);/q;+1/p-1. The zero-order chi connectivity index (χ0) is 12.7. The van der Waals surface area contributed by atoms with E-state index in [1.165, 1.54) is 0 Å². The third-order valence-corrected chi connectivity index (χ3v) is 1.31. The van der Waals surface area contributed by atoms with E-state index in [-0.39, 0.29) is 22.4 Å². The van der Waals surface area contributed by atoms with E-state index < -0.39 is 29.7 Å². The molecule has 0 aromatic rings. The molecule has 0 amide bonds. The fourth-order valence-electron chi connectivity index (χ4n) is 0.460. The molecule has 0 fully saturated rings. The first-order valence-corrected chi connectivity index (χ1v) is 2.97. The van der Waals surface area contributed by atoms with Crippen LogP contribution in [0.3, 0.4) is 0 Å². The van der Waals surface area contributed by atoms with Gasteiger partial charge in [-0.3, -0.25) is 0 Å². The predicted molar refractivity (Wildman–Crippen MR) is 27.5 cm³/mol. The topological polar surface area (TPSA) is 77.4 Å². The van der Waals surface area contributed by atoms with Gasteiger partial charge >= 0.3 is 46.1 Å². The number of hydrogen-bond acceptors (Lipinski definition) is 3. The van der Waals surface area contributed by atoms with Gasteiger partial charge in [0.25, 0.3) is 0 Å². The van der Waals surface area contributed by atoms with Crippen molar-refractivity contribution in [1.82, 2.24) is 0 Å². The number of carbonyl (C=O) groups excluding carboxylic acids is 1. The molecule has 0 atom stereocenters. The molecule has 0 unspecified atom stereocenters. The van der Waals surface area contributed by atoms with Crippen LogP contribution in [0, 0.1) is 0 Å². The normalized spacial score (nSPS) is 12.9. The monoisotopic (exact) mass is 346 g/mol. The van der Waals surface area contributed by atoms with E-state index in [4.69, 9.17) is 5.11 Å². The fraction of sp³-hybridized carbons (Fsp3) is 0.600. The second kappa shape index (κ2) is 4.63. The molecule has 0 bridgehead atoms. The molecule has 98 valence electrons. The van der Waals surface area contributed by atoms with Crippen LogP contribution in [0.4, 0.5) is 26.3 Å². The van der Waals surface area contributed by atoms with E-state index in [2.05, 4.69) is 0 Å². The van der Waals surface area contributed by atoms with Crippen molar-refractivity contribution in [2.24, 2.45) is 0 Å². The van der Waals surface area contributed by atoms with Crippen molar-refractivity contribution in [3.05, 3.63) is 0 Å². The Labute approximate surface area is 98.7 Å². The maximum atomic E-state index is 12.2. The number of carboxylic acid groups (broad SMARTS) is 2. The minimum Gasteiger partial charge on any atom is -0.544 e. The van der Waals surface area contributed by atoms with Crippen LogP contribution >= 0.6 is 0 Å². The Hall–Kier alpha value is -0.740. The quantitative estimate of drug-likeness (QED) is 0.561. The number of halogens is 6. The van der Waals surface area contributed by atoms with E-state index in [9.17, 15) is 41.0 Å². The zero-order valence-electron chi connectivity index (χ0n) is 6.74. The Kier molecular flexibility index (Phi) is 5.11. The van der Waals surface area contributed by atoms with Gasteiger partial charge < -0.3 is 15.0 Å². The van der Waals surface area contributed by atoms with Crippen LogP contribution in [0.2, 0.25) is 0 Å². The second-order valence-corrected chi connectivity index (χ2v) is 2.32. The Morgan fingerprint density at radius 3 is 1.44 bits per heavy atom. The van der Waals surface area contributed by atoms with Gasteiger partial charge in [-0.15, -0.1) is 0 Å². The molecular formula is C5HAgF6O4. The van der Waals surface area contributed by atoms with Gasteiger partial charge in [0.15, 0.2) is 0 Å². The molecule has 0 aromatic heterocycles. The van der Waals surface area contributed by atoms with Crippen molar-refractivity contribution in [1.29, 1.82) is 0 Å². The minimum atomic E-state index is -6.59. The van der Waals surface area contributed by atoms with Crippen molar-refractivity contribution < 1.29 is 68.5 Å². The largest absolute Gasteiger partial charge is 1.00 e. The molecule has 0 saturated carbocycles. The SMILES string of the molecule is O=C([O-])C(F)(F)C(F)(F)C(F)(F)C(=O)O.[Ag+]. The summed E-state index contributed by atoms with van der Waals surface area (Å²) in [5.41, 5.74) is 0. The summed E-state index contributed by atoms with van der Waals surface area (Å²) in [6.45, 7) is 0. The van der Waals surface area contributed by atoms with Crippen molar-refractivity contribution in [3.8, 4) is 0 Å². The van der Waals surface area contributed by atoms with E-state index in [1.54, 1.807) is 0 Å². The third-order valence-electron chi connectivity index (χ3n) is 1.31. The van der Waals surface area contributed by atoms with Crippen molar-refractivity contribution >= 4 is 11.9 Å². The van der Waals surface area contributed by atoms with Gasteiger partial charge in [0.1, 0.15) is 5.97 Å². The van der Waals surface area contributed by atoms with Crippen molar-refractivity contribution in [2.45, 2.75) is 17.8 Å². The van der Waals surface area contributed by atoms with Gasteiger partial charge in [0, 0.05) is 0 Å². The van der Waals surface area contributed by atoms with Crippen LogP contribution in [0.1, 0.15) is 0 Å². The molecule has 0 aliphatic carbocycles. The van der Waals surface area contributed by atoms with Gasteiger partial charge in [-0.05, 0) is 0 Å². The molecule has 0 aliphatic rings. The molecule has 11 heteroatoms. The van der Waals surface area contributed by atoms with Crippen LogP contribution in [-0.4, -0.2) is 34.8 Å². The first-order chi connectivity index (χ1) is 6.39. The maximum absolute atomic E-state index is 12.2. The van der Waals surface area contributed by atoms with Gasteiger partial charge in [0.2, 0.25) is 0 Å². The Balaban J connectivity index is 0. The molecule has 4 nitrogen and oxygen atoms in total. The molecule has 0 rings (SSSR count). The Bertz CT molecular complexity index is 275. The number of aliphatic carboxylic acids is 2. The Morgan fingerprint density at radius 1 is 0.938 bits per heavy atom. The summed E-state index contributed by atoms with van der Waals surface area (Å²) in [5.74, 6) is -26.5. The first kappa shape index (κ1) is 17.6. The number of hydrogen-bond donors (Lipinski definition) is 1. The van der Waals surface area contributed by atoms with Crippen LogP contribution in [0.5, 0.6) is 0 Å². The Morgan fingerprint density at radius 2 is 1.25 bits per heavy atom. The number of rotatable bonds is 4. The van der Waals surface area contributed by atoms with Crippen LogP contribution in [-0.2, 0) is 32.0 Å². The summed E-state index contributed by atoms with van der Waals surface area (Å²) < 4.78 is 72.5. The molecular weight excluding hydrogens is 346 g/mol. The average Bonchev–Trinajstić information content (AvgIpc) is 2.02. The summed E-state index contributed by atoms with van der Waals surface area (Å²) in [4.78, 5) is 19.0. The van der Waals surface area contributed by atoms with Crippen molar-refractivity contribution in [2.75, 3.05) is 0 Å². The molecule has 0 radical (unpaired) electrons. The van der Waals surface area contributed by atoms with Gasteiger partial charge in [-0.1, -0.05) is 0 Å². The van der Waals surface area contributed by atoms with E-state index >= 15 is 0 Å². The van der Waals surface area contributed by atoms with Crippen LogP contribution < -0.4 is 5.11 Å². The second-order valence-electron chi connectivity index (χ2n) is 2.32.